The van der Waals surface area contributed by atoms with Gasteiger partial charge in [0.05, 0.1) is 7.11 Å². The van der Waals surface area contributed by atoms with Crippen molar-refractivity contribution >= 4 is 28.4 Å². The SMILES string of the molecule is COc1cccc(C(=O)c2ccc(I)cc2)n1. The molecule has 0 bridgehead atoms. The summed E-state index contributed by atoms with van der Waals surface area (Å²) in [6.45, 7) is 0. The maximum Gasteiger partial charge on any atom is 0.213 e. The quantitative estimate of drug-likeness (QED) is 0.638. The van der Waals surface area contributed by atoms with Gasteiger partial charge in [0, 0.05) is 15.2 Å². The fourth-order valence-electron chi connectivity index (χ4n) is 1.40. The number of hydrogen-bond donors (Lipinski definition) is 0. The monoisotopic (exact) mass is 339 g/mol. The van der Waals surface area contributed by atoms with Crippen LogP contribution < -0.4 is 4.74 Å². The van der Waals surface area contributed by atoms with E-state index in [1.807, 2.05) is 12.1 Å². The molecule has 0 atom stereocenters. The van der Waals surface area contributed by atoms with E-state index in [1.165, 1.54) is 7.11 Å². The van der Waals surface area contributed by atoms with Gasteiger partial charge in [-0.05, 0) is 52.9 Å². The molecule has 86 valence electrons. The molecule has 0 fully saturated rings. The topological polar surface area (TPSA) is 39.2 Å². The van der Waals surface area contributed by atoms with Crippen molar-refractivity contribution in [2.75, 3.05) is 7.11 Å². The van der Waals surface area contributed by atoms with Gasteiger partial charge in [-0.25, -0.2) is 4.98 Å². The van der Waals surface area contributed by atoms with Gasteiger partial charge in [-0.3, -0.25) is 4.79 Å². The first-order valence-corrected chi connectivity index (χ1v) is 6.10. The van der Waals surface area contributed by atoms with Gasteiger partial charge in [-0.1, -0.05) is 6.07 Å². The van der Waals surface area contributed by atoms with Crippen molar-refractivity contribution in [3.8, 4) is 5.88 Å². The summed E-state index contributed by atoms with van der Waals surface area (Å²) < 4.78 is 6.09. The Kier molecular flexibility index (Phi) is 3.73. The lowest BCUT2D eigenvalue weighted by atomic mass is 10.1. The Labute approximate surface area is 113 Å². The molecule has 0 unspecified atom stereocenters. The van der Waals surface area contributed by atoms with Gasteiger partial charge in [0.25, 0.3) is 0 Å². The number of methoxy groups -OCH3 is 1. The molecule has 0 aliphatic carbocycles. The Morgan fingerprint density at radius 1 is 1.18 bits per heavy atom. The van der Waals surface area contributed by atoms with Crippen molar-refractivity contribution in [1.29, 1.82) is 0 Å². The molecule has 0 saturated carbocycles. The van der Waals surface area contributed by atoms with Crippen LogP contribution >= 0.6 is 22.6 Å². The van der Waals surface area contributed by atoms with E-state index >= 15 is 0 Å². The summed E-state index contributed by atoms with van der Waals surface area (Å²) in [4.78, 5) is 16.2. The Bertz CT molecular complexity index is 537. The van der Waals surface area contributed by atoms with E-state index in [-0.39, 0.29) is 5.78 Å². The molecule has 17 heavy (non-hydrogen) atoms. The average Bonchev–Trinajstić information content (AvgIpc) is 2.39. The first-order chi connectivity index (χ1) is 8.20. The highest BCUT2D eigenvalue weighted by molar-refractivity contribution is 14.1. The fraction of sp³-hybridized carbons (Fsp3) is 0.0769. The van der Waals surface area contributed by atoms with Crippen LogP contribution in [0.15, 0.2) is 42.5 Å². The summed E-state index contributed by atoms with van der Waals surface area (Å²) in [7, 11) is 1.53. The molecule has 0 aliphatic rings. The molecule has 3 nitrogen and oxygen atoms in total. The molecular weight excluding hydrogens is 329 g/mol. The van der Waals surface area contributed by atoms with Crippen molar-refractivity contribution < 1.29 is 9.53 Å². The zero-order valence-electron chi connectivity index (χ0n) is 9.18. The lowest BCUT2D eigenvalue weighted by Gasteiger charge is -2.03. The van der Waals surface area contributed by atoms with Gasteiger partial charge in [-0.15, -0.1) is 0 Å². The summed E-state index contributed by atoms with van der Waals surface area (Å²) in [5.41, 5.74) is 1.02. The van der Waals surface area contributed by atoms with E-state index < -0.39 is 0 Å². The lowest BCUT2D eigenvalue weighted by Crippen LogP contribution is -2.04. The number of benzene rings is 1. The fourth-order valence-corrected chi connectivity index (χ4v) is 1.76. The number of rotatable bonds is 3. The number of ether oxygens (including phenoxy) is 1. The normalized spacial score (nSPS) is 10.0. The van der Waals surface area contributed by atoms with E-state index in [1.54, 1.807) is 30.3 Å². The zero-order valence-corrected chi connectivity index (χ0v) is 11.3. The van der Waals surface area contributed by atoms with Crippen molar-refractivity contribution in [3.05, 3.63) is 57.3 Å². The van der Waals surface area contributed by atoms with Gasteiger partial charge in [0.2, 0.25) is 11.7 Å². The van der Waals surface area contributed by atoms with Crippen molar-refractivity contribution in [2.45, 2.75) is 0 Å². The largest absolute Gasteiger partial charge is 0.481 e. The number of ketones is 1. The highest BCUT2D eigenvalue weighted by atomic mass is 127. The molecule has 0 radical (unpaired) electrons. The second kappa shape index (κ2) is 5.27. The molecule has 1 aromatic heterocycles. The lowest BCUT2D eigenvalue weighted by molar-refractivity contribution is 0.103. The molecule has 2 aromatic rings. The standard InChI is InChI=1S/C13H10INO2/c1-17-12-4-2-3-11(15-12)13(16)9-5-7-10(14)8-6-9/h2-8H,1H3. The van der Waals surface area contributed by atoms with Crippen LogP contribution in [0.5, 0.6) is 5.88 Å². The minimum absolute atomic E-state index is 0.0969. The van der Waals surface area contributed by atoms with E-state index in [0.29, 0.717) is 17.1 Å². The first-order valence-electron chi connectivity index (χ1n) is 5.02. The summed E-state index contributed by atoms with van der Waals surface area (Å²) in [5, 5.41) is 0. The van der Waals surface area contributed by atoms with Gasteiger partial charge in [0.1, 0.15) is 5.69 Å². The molecule has 4 heteroatoms. The maximum atomic E-state index is 12.1. The number of nitrogens with zero attached hydrogens (tertiary/aromatic N) is 1. The molecule has 0 amide bonds. The van der Waals surface area contributed by atoms with Crippen LogP contribution in [0.4, 0.5) is 0 Å². The molecule has 1 heterocycles. The molecule has 0 saturated heterocycles. The van der Waals surface area contributed by atoms with Crippen LogP contribution in [0.2, 0.25) is 0 Å². The molecular formula is C13H10INO2. The van der Waals surface area contributed by atoms with Crippen molar-refractivity contribution in [1.82, 2.24) is 4.98 Å². The number of carbonyl (C=O) groups is 1. The second-order valence-corrected chi connectivity index (χ2v) is 4.65. The third-order valence-electron chi connectivity index (χ3n) is 2.27. The predicted octanol–water partition coefficient (Wildman–Crippen LogP) is 2.93. The number of aromatic nitrogens is 1. The molecule has 0 spiro atoms. The Hall–Kier alpha value is -1.43. The van der Waals surface area contributed by atoms with Crippen LogP contribution in [0.25, 0.3) is 0 Å². The van der Waals surface area contributed by atoms with Gasteiger partial charge >= 0.3 is 0 Å². The van der Waals surface area contributed by atoms with Crippen LogP contribution in [-0.4, -0.2) is 17.9 Å². The maximum absolute atomic E-state index is 12.1. The summed E-state index contributed by atoms with van der Waals surface area (Å²) in [6, 6.07) is 12.5. The van der Waals surface area contributed by atoms with E-state index in [2.05, 4.69) is 27.6 Å². The third-order valence-corrected chi connectivity index (χ3v) is 2.99. The number of hydrogen-bond acceptors (Lipinski definition) is 3. The summed E-state index contributed by atoms with van der Waals surface area (Å²) in [6.07, 6.45) is 0. The highest BCUT2D eigenvalue weighted by Gasteiger charge is 2.10. The summed E-state index contributed by atoms with van der Waals surface area (Å²) >= 11 is 2.20. The zero-order chi connectivity index (χ0) is 12.3. The second-order valence-electron chi connectivity index (χ2n) is 3.40. The van der Waals surface area contributed by atoms with Crippen LogP contribution in [-0.2, 0) is 0 Å². The van der Waals surface area contributed by atoms with E-state index in [0.717, 1.165) is 3.57 Å². The minimum Gasteiger partial charge on any atom is -0.481 e. The predicted molar refractivity (Wildman–Crippen MR) is 73.4 cm³/mol. The summed E-state index contributed by atoms with van der Waals surface area (Å²) in [5.74, 6) is 0.349. The van der Waals surface area contributed by atoms with Gasteiger partial charge in [0.15, 0.2) is 0 Å². The Morgan fingerprint density at radius 2 is 1.88 bits per heavy atom. The highest BCUT2D eigenvalue weighted by Crippen LogP contribution is 2.13. The van der Waals surface area contributed by atoms with Gasteiger partial charge in [-0.2, -0.15) is 0 Å². The number of carbonyl (C=O) groups excluding carboxylic acids is 1. The molecule has 1 aromatic carbocycles. The number of pyridine rings is 1. The molecule has 0 aliphatic heterocycles. The van der Waals surface area contributed by atoms with Crippen LogP contribution in [0, 0.1) is 3.57 Å². The van der Waals surface area contributed by atoms with Crippen molar-refractivity contribution in [2.24, 2.45) is 0 Å². The minimum atomic E-state index is -0.0969. The van der Waals surface area contributed by atoms with Gasteiger partial charge < -0.3 is 4.74 Å². The Morgan fingerprint density at radius 3 is 2.53 bits per heavy atom. The van der Waals surface area contributed by atoms with Crippen LogP contribution in [0.1, 0.15) is 16.1 Å². The number of halogens is 1. The van der Waals surface area contributed by atoms with Crippen molar-refractivity contribution in [3.63, 3.8) is 0 Å². The molecule has 0 N–H and O–H groups in total. The third kappa shape index (κ3) is 2.82. The Balaban J connectivity index is 2.33. The average molecular weight is 339 g/mol. The smallest absolute Gasteiger partial charge is 0.213 e. The van der Waals surface area contributed by atoms with E-state index in [9.17, 15) is 4.79 Å². The molecule has 2 rings (SSSR count). The van der Waals surface area contributed by atoms with E-state index in [4.69, 9.17) is 4.74 Å². The first kappa shape index (κ1) is 12.0. The van der Waals surface area contributed by atoms with Crippen LogP contribution in [0.3, 0.4) is 0 Å².